The molecular weight excluding hydrogens is 258 g/mol. The smallest absolute Gasteiger partial charge is 0.314 e. The Hall–Kier alpha value is -1.10. The van der Waals surface area contributed by atoms with Gasteiger partial charge in [-0.1, -0.05) is 19.9 Å². The minimum absolute atomic E-state index is 0.282. The van der Waals surface area contributed by atoms with Gasteiger partial charge in [-0.3, -0.25) is 0 Å². The summed E-state index contributed by atoms with van der Waals surface area (Å²) in [5.41, 5.74) is -0.661. The van der Waals surface area contributed by atoms with Crippen molar-refractivity contribution in [2.24, 2.45) is 0 Å². The molecule has 0 radical (unpaired) electrons. The second-order valence-electron chi connectivity index (χ2n) is 4.51. The fourth-order valence-corrected chi connectivity index (χ4v) is 2.03. The highest BCUT2D eigenvalue weighted by atomic mass is 19.4. The van der Waals surface area contributed by atoms with E-state index in [1.54, 1.807) is 0 Å². The second kappa shape index (κ2) is 6.89. The Labute approximate surface area is 111 Å². The fourth-order valence-electron chi connectivity index (χ4n) is 2.03. The molecule has 19 heavy (non-hydrogen) atoms. The standard InChI is InChI=1S/C14H19F4N/c1-3-11(19-4-2)7-5-10-6-8-13(15)12(9-10)14(16,17)18/h6,8-9,11,19H,3-5,7H2,1-2H3. The van der Waals surface area contributed by atoms with Crippen molar-refractivity contribution in [3.63, 3.8) is 0 Å². The van der Waals surface area contributed by atoms with Crippen LogP contribution < -0.4 is 5.32 Å². The summed E-state index contributed by atoms with van der Waals surface area (Å²) in [6.45, 7) is 4.84. The Kier molecular flexibility index (Phi) is 5.79. The summed E-state index contributed by atoms with van der Waals surface area (Å²) in [4.78, 5) is 0. The van der Waals surface area contributed by atoms with E-state index in [1.807, 2.05) is 13.8 Å². The zero-order valence-corrected chi connectivity index (χ0v) is 11.1. The molecule has 1 aromatic rings. The van der Waals surface area contributed by atoms with Crippen LogP contribution >= 0.6 is 0 Å². The maximum absolute atomic E-state index is 13.1. The molecule has 1 aromatic carbocycles. The third-order valence-corrected chi connectivity index (χ3v) is 3.10. The molecule has 0 saturated carbocycles. The van der Waals surface area contributed by atoms with Crippen LogP contribution in [0.4, 0.5) is 17.6 Å². The maximum Gasteiger partial charge on any atom is 0.419 e. The summed E-state index contributed by atoms with van der Waals surface area (Å²) < 4.78 is 50.8. The van der Waals surface area contributed by atoms with Gasteiger partial charge in [0.2, 0.25) is 0 Å². The molecule has 0 aliphatic heterocycles. The van der Waals surface area contributed by atoms with E-state index in [0.717, 1.165) is 31.5 Å². The Morgan fingerprint density at radius 2 is 1.89 bits per heavy atom. The van der Waals surface area contributed by atoms with Crippen LogP contribution in [-0.4, -0.2) is 12.6 Å². The SMILES string of the molecule is CCNC(CC)CCc1ccc(F)c(C(F)(F)F)c1. The van der Waals surface area contributed by atoms with Crippen molar-refractivity contribution < 1.29 is 17.6 Å². The van der Waals surface area contributed by atoms with Crippen molar-refractivity contribution in [2.45, 2.75) is 45.3 Å². The lowest BCUT2D eigenvalue weighted by atomic mass is 10.0. The van der Waals surface area contributed by atoms with E-state index in [1.165, 1.54) is 6.07 Å². The van der Waals surface area contributed by atoms with Gasteiger partial charge in [-0.2, -0.15) is 13.2 Å². The number of hydrogen-bond donors (Lipinski definition) is 1. The van der Waals surface area contributed by atoms with E-state index in [2.05, 4.69) is 5.32 Å². The van der Waals surface area contributed by atoms with E-state index in [4.69, 9.17) is 0 Å². The molecule has 0 aliphatic carbocycles. The Morgan fingerprint density at radius 1 is 1.21 bits per heavy atom. The van der Waals surface area contributed by atoms with Gasteiger partial charge in [0.15, 0.2) is 0 Å². The molecule has 1 unspecified atom stereocenters. The molecule has 0 aliphatic rings. The normalized spacial score (nSPS) is 13.6. The minimum atomic E-state index is -4.63. The number of rotatable bonds is 6. The Bertz CT molecular complexity index is 401. The van der Waals surface area contributed by atoms with Crippen LogP contribution in [0.15, 0.2) is 18.2 Å². The van der Waals surface area contributed by atoms with Crippen LogP contribution in [0.25, 0.3) is 0 Å². The van der Waals surface area contributed by atoms with Crippen molar-refractivity contribution in [1.82, 2.24) is 5.32 Å². The first kappa shape index (κ1) is 16.0. The first-order valence-corrected chi connectivity index (χ1v) is 6.47. The zero-order valence-electron chi connectivity index (χ0n) is 11.1. The minimum Gasteiger partial charge on any atom is -0.314 e. The fraction of sp³-hybridized carbons (Fsp3) is 0.571. The van der Waals surface area contributed by atoms with Gasteiger partial charge in [-0.05, 0) is 43.5 Å². The van der Waals surface area contributed by atoms with Gasteiger partial charge in [0, 0.05) is 6.04 Å². The van der Waals surface area contributed by atoms with Crippen LogP contribution in [0, 0.1) is 5.82 Å². The highest BCUT2D eigenvalue weighted by Crippen LogP contribution is 2.32. The highest BCUT2D eigenvalue weighted by Gasteiger charge is 2.34. The molecule has 0 amide bonds. The second-order valence-corrected chi connectivity index (χ2v) is 4.51. The number of hydrogen-bond acceptors (Lipinski definition) is 1. The predicted molar refractivity (Wildman–Crippen MR) is 67.5 cm³/mol. The van der Waals surface area contributed by atoms with Crippen LogP contribution in [0.2, 0.25) is 0 Å². The Morgan fingerprint density at radius 3 is 2.42 bits per heavy atom. The topological polar surface area (TPSA) is 12.0 Å². The molecule has 0 fully saturated rings. The summed E-state index contributed by atoms with van der Waals surface area (Å²) in [5, 5.41) is 3.26. The molecule has 1 atom stereocenters. The predicted octanol–water partition coefficient (Wildman–Crippen LogP) is 4.17. The third kappa shape index (κ3) is 4.82. The molecular formula is C14H19F4N. The van der Waals surface area contributed by atoms with Crippen molar-refractivity contribution in [1.29, 1.82) is 0 Å². The lowest BCUT2D eigenvalue weighted by Crippen LogP contribution is -2.28. The maximum atomic E-state index is 13.1. The molecule has 0 bridgehead atoms. The number of aryl methyl sites for hydroxylation is 1. The quantitative estimate of drug-likeness (QED) is 0.770. The van der Waals surface area contributed by atoms with E-state index < -0.39 is 17.6 Å². The first-order chi connectivity index (χ1) is 8.88. The summed E-state index contributed by atoms with van der Waals surface area (Å²) in [6, 6.07) is 3.51. The van der Waals surface area contributed by atoms with Gasteiger partial charge in [0.05, 0.1) is 5.56 Å². The molecule has 1 rings (SSSR count). The highest BCUT2D eigenvalue weighted by molar-refractivity contribution is 5.27. The van der Waals surface area contributed by atoms with Crippen LogP contribution in [0.3, 0.4) is 0 Å². The number of nitrogens with one attached hydrogen (secondary N) is 1. The van der Waals surface area contributed by atoms with Crippen LogP contribution in [0.5, 0.6) is 0 Å². The molecule has 1 nitrogen and oxygen atoms in total. The molecule has 0 spiro atoms. The monoisotopic (exact) mass is 277 g/mol. The zero-order chi connectivity index (χ0) is 14.5. The Balaban J connectivity index is 2.75. The van der Waals surface area contributed by atoms with E-state index in [-0.39, 0.29) is 6.04 Å². The van der Waals surface area contributed by atoms with E-state index in [0.29, 0.717) is 12.0 Å². The molecule has 108 valence electrons. The summed E-state index contributed by atoms with van der Waals surface area (Å²) in [5.74, 6) is -1.21. The van der Waals surface area contributed by atoms with E-state index in [9.17, 15) is 17.6 Å². The average molecular weight is 277 g/mol. The summed E-state index contributed by atoms with van der Waals surface area (Å²) in [7, 11) is 0. The van der Waals surface area contributed by atoms with Gasteiger partial charge in [-0.25, -0.2) is 4.39 Å². The molecule has 0 heterocycles. The first-order valence-electron chi connectivity index (χ1n) is 6.47. The largest absolute Gasteiger partial charge is 0.419 e. The van der Waals surface area contributed by atoms with Crippen molar-refractivity contribution >= 4 is 0 Å². The van der Waals surface area contributed by atoms with Crippen molar-refractivity contribution in [3.05, 3.63) is 35.1 Å². The number of benzene rings is 1. The lowest BCUT2D eigenvalue weighted by molar-refractivity contribution is -0.140. The molecule has 1 N–H and O–H groups in total. The van der Waals surface area contributed by atoms with Crippen LogP contribution in [-0.2, 0) is 12.6 Å². The summed E-state index contributed by atoms with van der Waals surface area (Å²) in [6.07, 6.45) is -2.46. The molecule has 0 aromatic heterocycles. The van der Waals surface area contributed by atoms with Crippen molar-refractivity contribution in [3.8, 4) is 0 Å². The summed E-state index contributed by atoms with van der Waals surface area (Å²) >= 11 is 0. The van der Waals surface area contributed by atoms with Crippen LogP contribution in [0.1, 0.15) is 37.8 Å². The molecule has 0 saturated heterocycles. The third-order valence-electron chi connectivity index (χ3n) is 3.10. The molecule has 5 heteroatoms. The van der Waals surface area contributed by atoms with Gasteiger partial charge in [0.1, 0.15) is 5.82 Å². The lowest BCUT2D eigenvalue weighted by Gasteiger charge is -2.16. The number of halogens is 4. The van der Waals surface area contributed by atoms with Crippen molar-refractivity contribution in [2.75, 3.05) is 6.54 Å². The van der Waals surface area contributed by atoms with Gasteiger partial charge < -0.3 is 5.32 Å². The van der Waals surface area contributed by atoms with Gasteiger partial charge >= 0.3 is 6.18 Å². The van der Waals surface area contributed by atoms with Gasteiger partial charge in [-0.15, -0.1) is 0 Å². The average Bonchev–Trinajstić information content (AvgIpc) is 2.34. The van der Waals surface area contributed by atoms with E-state index >= 15 is 0 Å². The number of alkyl halides is 3. The van der Waals surface area contributed by atoms with Gasteiger partial charge in [0.25, 0.3) is 0 Å².